The highest BCUT2D eigenvalue weighted by Crippen LogP contribution is 2.35. The molecule has 1 aromatic carbocycles. The summed E-state index contributed by atoms with van der Waals surface area (Å²) >= 11 is 6.91. The Morgan fingerprint density at radius 1 is 1.30 bits per heavy atom. The van der Waals surface area contributed by atoms with Gasteiger partial charge in [0.15, 0.2) is 0 Å². The van der Waals surface area contributed by atoms with Crippen LogP contribution in [-0.2, 0) is 20.7 Å². The Labute approximate surface area is 150 Å². The number of aromatic nitrogens is 1. The molecule has 0 aliphatic carbocycles. The highest BCUT2D eigenvalue weighted by molar-refractivity contribution is 9.10. The minimum atomic E-state index is -0.762. The molecule has 1 heterocycles. The summed E-state index contributed by atoms with van der Waals surface area (Å²) in [5.74, 6) is -0.110. The van der Waals surface area contributed by atoms with Crippen LogP contribution in [0.4, 0.5) is 0 Å². The maximum Gasteiger partial charge on any atom is 0.328 e. The third-order valence-electron chi connectivity index (χ3n) is 3.40. The second-order valence-electron chi connectivity index (χ2n) is 4.93. The fourth-order valence-electron chi connectivity index (χ4n) is 2.36. The van der Waals surface area contributed by atoms with Crippen molar-refractivity contribution >= 4 is 54.6 Å². The second kappa shape index (κ2) is 7.35. The standard InChI is InChI=1S/C15H16Br2N2O4/c1-7(20)18-12(15(21)23-3)4-9-8-5-13(22-2)10(16)6-11(8)19-14(9)17/h5-6,12,19H,4H2,1-3H3,(H,18,20)/t12-/m0/s1. The highest BCUT2D eigenvalue weighted by Gasteiger charge is 2.24. The van der Waals surface area contributed by atoms with Crippen LogP contribution in [0.5, 0.6) is 5.75 Å². The lowest BCUT2D eigenvalue weighted by Gasteiger charge is -2.15. The molecule has 0 aliphatic rings. The van der Waals surface area contributed by atoms with Crippen molar-refractivity contribution < 1.29 is 19.1 Å². The molecule has 2 N–H and O–H groups in total. The Hall–Kier alpha value is -1.54. The summed E-state index contributed by atoms with van der Waals surface area (Å²) in [6.07, 6.45) is 0.289. The largest absolute Gasteiger partial charge is 0.496 e. The summed E-state index contributed by atoms with van der Waals surface area (Å²) in [6, 6.07) is 3.01. The lowest BCUT2D eigenvalue weighted by molar-refractivity contribution is -0.144. The number of fused-ring (bicyclic) bond motifs is 1. The van der Waals surface area contributed by atoms with Crippen LogP contribution in [0.15, 0.2) is 21.2 Å². The van der Waals surface area contributed by atoms with Crippen molar-refractivity contribution in [3.05, 3.63) is 26.8 Å². The van der Waals surface area contributed by atoms with E-state index in [1.165, 1.54) is 14.0 Å². The molecule has 1 aromatic heterocycles. The van der Waals surface area contributed by atoms with Gasteiger partial charge in [0, 0.05) is 24.2 Å². The molecule has 0 unspecified atom stereocenters. The molecule has 1 atom stereocenters. The number of carbonyl (C=O) groups excluding carboxylic acids is 2. The van der Waals surface area contributed by atoms with Gasteiger partial charge in [-0.2, -0.15) is 0 Å². The summed E-state index contributed by atoms with van der Waals surface area (Å²) in [7, 11) is 2.88. The quantitative estimate of drug-likeness (QED) is 0.690. The van der Waals surface area contributed by atoms with E-state index < -0.39 is 12.0 Å². The van der Waals surface area contributed by atoms with E-state index in [4.69, 9.17) is 9.47 Å². The van der Waals surface area contributed by atoms with Crippen molar-refractivity contribution in [2.75, 3.05) is 14.2 Å². The average Bonchev–Trinajstić information content (AvgIpc) is 2.79. The van der Waals surface area contributed by atoms with Gasteiger partial charge in [-0.1, -0.05) is 0 Å². The van der Waals surface area contributed by atoms with Crippen LogP contribution in [0.2, 0.25) is 0 Å². The zero-order valence-electron chi connectivity index (χ0n) is 12.8. The van der Waals surface area contributed by atoms with Gasteiger partial charge in [-0.3, -0.25) is 4.79 Å². The number of benzene rings is 1. The number of nitrogens with one attached hydrogen (secondary N) is 2. The van der Waals surface area contributed by atoms with Gasteiger partial charge >= 0.3 is 5.97 Å². The third kappa shape index (κ3) is 3.87. The van der Waals surface area contributed by atoms with Crippen molar-refractivity contribution in [1.29, 1.82) is 0 Å². The first-order valence-electron chi connectivity index (χ1n) is 6.75. The zero-order valence-corrected chi connectivity index (χ0v) is 16.0. The fraction of sp³-hybridized carbons (Fsp3) is 0.333. The van der Waals surface area contributed by atoms with Gasteiger partial charge < -0.3 is 19.8 Å². The van der Waals surface area contributed by atoms with Crippen molar-refractivity contribution in [2.45, 2.75) is 19.4 Å². The highest BCUT2D eigenvalue weighted by atomic mass is 79.9. The first-order chi connectivity index (χ1) is 10.9. The van der Waals surface area contributed by atoms with Crippen LogP contribution in [0.3, 0.4) is 0 Å². The van der Waals surface area contributed by atoms with Crippen molar-refractivity contribution in [1.82, 2.24) is 10.3 Å². The summed E-state index contributed by atoms with van der Waals surface area (Å²) in [6.45, 7) is 1.36. The Morgan fingerprint density at radius 3 is 2.57 bits per heavy atom. The lowest BCUT2D eigenvalue weighted by atomic mass is 10.0. The topological polar surface area (TPSA) is 80.4 Å². The van der Waals surface area contributed by atoms with Crippen LogP contribution in [-0.4, -0.2) is 37.1 Å². The normalized spacial score (nSPS) is 12.0. The van der Waals surface area contributed by atoms with E-state index in [1.54, 1.807) is 7.11 Å². The molecule has 0 bridgehead atoms. The number of carbonyl (C=O) groups is 2. The molecule has 0 radical (unpaired) electrons. The fourth-order valence-corrected chi connectivity index (χ4v) is 3.45. The molecule has 0 spiro atoms. The first-order valence-corrected chi connectivity index (χ1v) is 8.34. The number of aromatic amines is 1. The molecule has 2 aromatic rings. The van der Waals surface area contributed by atoms with Crippen LogP contribution < -0.4 is 10.1 Å². The number of hydrogen-bond donors (Lipinski definition) is 2. The number of methoxy groups -OCH3 is 2. The number of rotatable bonds is 5. The summed E-state index contributed by atoms with van der Waals surface area (Å²) in [5, 5.41) is 3.51. The lowest BCUT2D eigenvalue weighted by Crippen LogP contribution is -2.42. The Kier molecular flexibility index (Phi) is 5.69. The maximum atomic E-state index is 11.9. The van der Waals surface area contributed by atoms with Crippen molar-refractivity contribution in [2.24, 2.45) is 0 Å². The third-order valence-corrected chi connectivity index (χ3v) is 4.69. The van der Waals surface area contributed by atoms with Gasteiger partial charge in [0.25, 0.3) is 0 Å². The van der Waals surface area contributed by atoms with E-state index >= 15 is 0 Å². The predicted octanol–water partition coefficient (Wildman–Crippen LogP) is 2.92. The van der Waals surface area contributed by atoms with Gasteiger partial charge in [0.1, 0.15) is 11.8 Å². The molecule has 124 valence electrons. The van der Waals surface area contributed by atoms with E-state index in [-0.39, 0.29) is 12.3 Å². The molecular weight excluding hydrogens is 432 g/mol. The van der Waals surface area contributed by atoms with Gasteiger partial charge in [-0.15, -0.1) is 0 Å². The SMILES string of the molecule is COC(=O)[C@H](Cc1c(Br)[nH]c2cc(Br)c(OC)cc12)NC(C)=O. The molecule has 6 nitrogen and oxygen atoms in total. The maximum absolute atomic E-state index is 11.9. The minimum absolute atomic E-state index is 0.289. The molecule has 0 saturated carbocycles. The number of H-pyrrole nitrogens is 1. The molecule has 8 heteroatoms. The van der Waals surface area contributed by atoms with E-state index in [0.717, 1.165) is 25.5 Å². The van der Waals surface area contributed by atoms with Crippen LogP contribution in [0.1, 0.15) is 12.5 Å². The smallest absolute Gasteiger partial charge is 0.328 e. The first kappa shape index (κ1) is 17.8. The zero-order chi connectivity index (χ0) is 17.1. The molecule has 0 fully saturated rings. The van der Waals surface area contributed by atoms with Crippen molar-refractivity contribution in [3.63, 3.8) is 0 Å². The Morgan fingerprint density at radius 2 is 2.00 bits per heavy atom. The summed E-state index contributed by atoms with van der Waals surface area (Å²) < 4.78 is 11.6. The number of ether oxygens (including phenoxy) is 2. The molecule has 0 saturated heterocycles. The molecule has 0 aliphatic heterocycles. The van der Waals surface area contributed by atoms with E-state index in [1.807, 2.05) is 12.1 Å². The van der Waals surface area contributed by atoms with E-state index in [2.05, 4.69) is 42.2 Å². The van der Waals surface area contributed by atoms with Gasteiger partial charge in [-0.25, -0.2) is 4.79 Å². The Balaban J connectivity index is 2.46. The number of amides is 1. The van der Waals surface area contributed by atoms with Crippen LogP contribution in [0.25, 0.3) is 10.9 Å². The van der Waals surface area contributed by atoms with E-state index in [9.17, 15) is 9.59 Å². The summed E-state index contributed by atoms with van der Waals surface area (Å²) in [4.78, 5) is 26.4. The minimum Gasteiger partial charge on any atom is -0.496 e. The summed E-state index contributed by atoms with van der Waals surface area (Å²) in [5.41, 5.74) is 1.74. The van der Waals surface area contributed by atoms with Crippen molar-refractivity contribution in [3.8, 4) is 5.75 Å². The van der Waals surface area contributed by atoms with Crippen LogP contribution in [0, 0.1) is 0 Å². The molecular formula is C15H16Br2N2O4. The molecule has 1 amide bonds. The van der Waals surface area contributed by atoms with Gasteiger partial charge in [-0.05, 0) is 49.6 Å². The molecule has 23 heavy (non-hydrogen) atoms. The number of esters is 1. The number of halogens is 2. The number of hydrogen-bond acceptors (Lipinski definition) is 4. The van der Waals surface area contributed by atoms with Gasteiger partial charge in [0.2, 0.25) is 5.91 Å². The Bertz CT molecular complexity index is 758. The average molecular weight is 448 g/mol. The van der Waals surface area contributed by atoms with Gasteiger partial charge in [0.05, 0.1) is 23.3 Å². The molecule has 2 rings (SSSR count). The second-order valence-corrected chi connectivity index (χ2v) is 6.58. The van der Waals surface area contributed by atoms with E-state index in [0.29, 0.717) is 5.75 Å². The predicted molar refractivity (Wildman–Crippen MR) is 93.6 cm³/mol. The monoisotopic (exact) mass is 446 g/mol. The van der Waals surface area contributed by atoms with Crippen LogP contribution >= 0.6 is 31.9 Å².